The molecule has 6 nitrogen and oxygen atoms in total. The molecule has 2 heterocycles. The number of aromatic nitrogens is 2. The monoisotopic (exact) mass is 251 g/mol. The Kier molecular flexibility index (Phi) is 4.33. The van der Waals surface area contributed by atoms with Gasteiger partial charge in [0.05, 0.1) is 6.10 Å². The van der Waals surface area contributed by atoms with Crippen LogP contribution in [0.1, 0.15) is 6.42 Å². The van der Waals surface area contributed by atoms with Gasteiger partial charge in [-0.3, -0.25) is 0 Å². The number of aliphatic hydroxyl groups is 1. The molecule has 18 heavy (non-hydrogen) atoms. The summed E-state index contributed by atoms with van der Waals surface area (Å²) in [6.07, 6.45) is 2.15. The minimum Gasteiger partial charge on any atom is -0.391 e. The van der Waals surface area contributed by atoms with E-state index in [1.54, 1.807) is 6.33 Å². The van der Waals surface area contributed by atoms with Crippen molar-refractivity contribution in [3.63, 3.8) is 0 Å². The quantitative estimate of drug-likeness (QED) is 0.769. The zero-order valence-corrected chi connectivity index (χ0v) is 11.0. The predicted molar refractivity (Wildman–Crippen MR) is 71.9 cm³/mol. The maximum Gasteiger partial charge on any atom is 0.134 e. The lowest BCUT2D eigenvalue weighted by molar-refractivity contribution is 0.198. The Morgan fingerprint density at radius 3 is 3.00 bits per heavy atom. The second-order valence-corrected chi connectivity index (χ2v) is 4.88. The number of likely N-dealkylation sites (N-methyl/N-ethyl adjacent to an activating group) is 1. The summed E-state index contributed by atoms with van der Waals surface area (Å²) in [6, 6.07) is 1.94. The molecule has 2 rings (SSSR count). The predicted octanol–water partition coefficient (Wildman–Crippen LogP) is 0.0211. The molecule has 1 aliphatic rings. The highest BCUT2D eigenvalue weighted by atomic mass is 16.3. The van der Waals surface area contributed by atoms with E-state index in [2.05, 4.69) is 25.1 Å². The first-order valence-corrected chi connectivity index (χ1v) is 6.29. The van der Waals surface area contributed by atoms with Gasteiger partial charge in [0.15, 0.2) is 0 Å². The lowest BCUT2D eigenvalue weighted by Crippen LogP contribution is -2.23. The molecule has 0 aliphatic carbocycles. The van der Waals surface area contributed by atoms with E-state index in [0.717, 1.165) is 37.7 Å². The van der Waals surface area contributed by atoms with Crippen LogP contribution in [0.4, 0.5) is 11.6 Å². The van der Waals surface area contributed by atoms with Gasteiger partial charge in [-0.25, -0.2) is 9.97 Å². The Bertz CT molecular complexity index is 384. The second kappa shape index (κ2) is 5.97. The van der Waals surface area contributed by atoms with Crippen LogP contribution in [0, 0.1) is 0 Å². The molecule has 0 radical (unpaired) electrons. The van der Waals surface area contributed by atoms with E-state index >= 15 is 0 Å². The highest BCUT2D eigenvalue weighted by Crippen LogP contribution is 2.19. The van der Waals surface area contributed by atoms with E-state index in [-0.39, 0.29) is 6.10 Å². The molecular formula is C12H21N5O. The van der Waals surface area contributed by atoms with Gasteiger partial charge in [0.1, 0.15) is 18.0 Å². The molecule has 1 aromatic heterocycles. The van der Waals surface area contributed by atoms with Crippen molar-refractivity contribution in [3.05, 3.63) is 12.4 Å². The molecule has 0 amide bonds. The van der Waals surface area contributed by atoms with E-state index in [4.69, 9.17) is 0 Å². The maximum absolute atomic E-state index is 9.53. The van der Waals surface area contributed by atoms with Crippen molar-refractivity contribution in [1.82, 2.24) is 14.9 Å². The van der Waals surface area contributed by atoms with Crippen molar-refractivity contribution in [3.8, 4) is 0 Å². The molecule has 6 heteroatoms. The molecule has 1 unspecified atom stereocenters. The van der Waals surface area contributed by atoms with Crippen LogP contribution in [0.5, 0.6) is 0 Å². The third kappa shape index (κ3) is 3.54. The van der Waals surface area contributed by atoms with Gasteiger partial charge >= 0.3 is 0 Å². The Hall–Kier alpha value is -1.40. The Labute approximate surface area is 108 Å². The number of hydrogen-bond donors (Lipinski definition) is 2. The fraction of sp³-hybridized carbons (Fsp3) is 0.667. The summed E-state index contributed by atoms with van der Waals surface area (Å²) in [7, 11) is 4.08. The smallest absolute Gasteiger partial charge is 0.134 e. The molecule has 1 atom stereocenters. The summed E-state index contributed by atoms with van der Waals surface area (Å²) >= 11 is 0. The number of β-amino-alcohol motifs (C(OH)–C–C–N with tert-alkyl or cyclic N) is 1. The van der Waals surface area contributed by atoms with Gasteiger partial charge in [-0.1, -0.05) is 0 Å². The van der Waals surface area contributed by atoms with Crippen molar-refractivity contribution in [2.75, 3.05) is 50.5 Å². The summed E-state index contributed by atoms with van der Waals surface area (Å²) in [6.45, 7) is 3.33. The fourth-order valence-electron chi connectivity index (χ4n) is 1.97. The van der Waals surface area contributed by atoms with Gasteiger partial charge in [0.2, 0.25) is 0 Å². The van der Waals surface area contributed by atoms with Gasteiger partial charge < -0.3 is 20.2 Å². The molecule has 0 saturated carbocycles. The molecule has 0 aromatic carbocycles. The zero-order chi connectivity index (χ0) is 13.0. The fourth-order valence-corrected chi connectivity index (χ4v) is 1.97. The van der Waals surface area contributed by atoms with Crippen molar-refractivity contribution >= 4 is 11.6 Å². The van der Waals surface area contributed by atoms with Crippen molar-refractivity contribution in [1.29, 1.82) is 0 Å². The van der Waals surface area contributed by atoms with E-state index in [1.807, 2.05) is 20.2 Å². The number of nitrogens with one attached hydrogen (secondary N) is 1. The van der Waals surface area contributed by atoms with Crippen LogP contribution >= 0.6 is 0 Å². The van der Waals surface area contributed by atoms with Gasteiger partial charge in [-0.15, -0.1) is 0 Å². The molecule has 1 saturated heterocycles. The Morgan fingerprint density at radius 2 is 2.33 bits per heavy atom. The summed E-state index contributed by atoms with van der Waals surface area (Å²) in [5.74, 6) is 1.72. The molecule has 1 aromatic rings. The largest absolute Gasteiger partial charge is 0.391 e. The third-order valence-electron chi connectivity index (χ3n) is 3.01. The van der Waals surface area contributed by atoms with Crippen LogP contribution < -0.4 is 10.2 Å². The number of rotatable bonds is 5. The number of aliphatic hydroxyl groups excluding tert-OH is 1. The van der Waals surface area contributed by atoms with E-state index in [0.29, 0.717) is 6.54 Å². The first-order chi connectivity index (χ1) is 8.65. The SMILES string of the molecule is CN(C)CCNc1cc(N2CCC(O)C2)ncn1. The minimum absolute atomic E-state index is 0.231. The Morgan fingerprint density at radius 1 is 1.50 bits per heavy atom. The highest BCUT2D eigenvalue weighted by Gasteiger charge is 2.21. The van der Waals surface area contributed by atoms with Gasteiger partial charge in [-0.05, 0) is 20.5 Å². The molecule has 1 fully saturated rings. The molecule has 2 N–H and O–H groups in total. The van der Waals surface area contributed by atoms with Crippen LogP contribution in [-0.4, -0.2) is 66.4 Å². The summed E-state index contributed by atoms with van der Waals surface area (Å²) < 4.78 is 0. The highest BCUT2D eigenvalue weighted by molar-refractivity contribution is 5.49. The van der Waals surface area contributed by atoms with E-state index < -0.39 is 0 Å². The van der Waals surface area contributed by atoms with Crippen LogP contribution in [-0.2, 0) is 0 Å². The van der Waals surface area contributed by atoms with Gasteiger partial charge in [0.25, 0.3) is 0 Å². The average molecular weight is 251 g/mol. The maximum atomic E-state index is 9.53. The number of nitrogens with zero attached hydrogens (tertiary/aromatic N) is 4. The third-order valence-corrected chi connectivity index (χ3v) is 3.01. The van der Waals surface area contributed by atoms with Gasteiger partial charge in [-0.2, -0.15) is 0 Å². The Balaban J connectivity index is 1.92. The van der Waals surface area contributed by atoms with E-state index in [1.165, 1.54) is 0 Å². The topological polar surface area (TPSA) is 64.5 Å². The normalized spacial score (nSPS) is 19.6. The average Bonchev–Trinajstić information content (AvgIpc) is 2.76. The minimum atomic E-state index is -0.231. The second-order valence-electron chi connectivity index (χ2n) is 4.88. The van der Waals surface area contributed by atoms with Gasteiger partial charge in [0, 0.05) is 32.2 Å². The van der Waals surface area contributed by atoms with Crippen LogP contribution in [0.3, 0.4) is 0 Å². The zero-order valence-electron chi connectivity index (χ0n) is 11.0. The summed E-state index contributed by atoms with van der Waals surface area (Å²) in [5.41, 5.74) is 0. The molecule has 0 bridgehead atoms. The van der Waals surface area contributed by atoms with Crippen molar-refractivity contribution in [2.24, 2.45) is 0 Å². The van der Waals surface area contributed by atoms with Crippen LogP contribution in [0.2, 0.25) is 0 Å². The molecule has 1 aliphatic heterocycles. The van der Waals surface area contributed by atoms with Crippen LogP contribution in [0.15, 0.2) is 12.4 Å². The van der Waals surface area contributed by atoms with Crippen LogP contribution in [0.25, 0.3) is 0 Å². The number of anilines is 2. The lowest BCUT2D eigenvalue weighted by atomic mass is 10.3. The lowest BCUT2D eigenvalue weighted by Gasteiger charge is -2.17. The summed E-state index contributed by atoms with van der Waals surface area (Å²) in [5, 5.41) is 12.8. The first kappa shape index (κ1) is 13.0. The van der Waals surface area contributed by atoms with Crippen molar-refractivity contribution < 1.29 is 5.11 Å². The first-order valence-electron chi connectivity index (χ1n) is 6.29. The van der Waals surface area contributed by atoms with E-state index in [9.17, 15) is 5.11 Å². The molecule has 0 spiro atoms. The molecular weight excluding hydrogens is 230 g/mol. The standard InChI is InChI=1S/C12H21N5O/c1-16(2)6-4-13-11-7-12(15-9-14-11)17-5-3-10(18)8-17/h7,9-10,18H,3-6,8H2,1-2H3,(H,13,14,15). The van der Waals surface area contributed by atoms with Crippen molar-refractivity contribution in [2.45, 2.75) is 12.5 Å². The molecule has 100 valence electrons. The summed E-state index contributed by atoms with van der Waals surface area (Å²) in [4.78, 5) is 12.7. The number of hydrogen-bond acceptors (Lipinski definition) is 6.